The molecule has 1 amide bonds. The average Bonchev–Trinajstić information content (AvgIpc) is 2.37. The highest BCUT2D eigenvalue weighted by Crippen LogP contribution is 2.30. The van der Waals surface area contributed by atoms with Gasteiger partial charge in [-0.05, 0) is 24.3 Å². The van der Waals surface area contributed by atoms with Gasteiger partial charge in [-0.3, -0.25) is 4.79 Å². The minimum absolute atomic E-state index is 0.252. The molecule has 0 bridgehead atoms. The number of nitrogens with one attached hydrogen (secondary N) is 1. The van der Waals surface area contributed by atoms with E-state index in [0.29, 0.717) is 27.0 Å². The van der Waals surface area contributed by atoms with Gasteiger partial charge in [0.2, 0.25) is 0 Å². The van der Waals surface area contributed by atoms with Gasteiger partial charge in [0.1, 0.15) is 0 Å². The Morgan fingerprint density at radius 2 is 1.72 bits per heavy atom. The maximum atomic E-state index is 11.9. The van der Waals surface area contributed by atoms with Crippen molar-refractivity contribution in [3.05, 3.63) is 58.1 Å². The minimum atomic E-state index is -0.252. The van der Waals surface area contributed by atoms with E-state index in [-0.39, 0.29) is 5.91 Å². The molecule has 0 aliphatic heterocycles. The van der Waals surface area contributed by atoms with Crippen LogP contribution in [0.3, 0.4) is 0 Å². The quantitative estimate of drug-likeness (QED) is 0.822. The van der Waals surface area contributed by atoms with Crippen LogP contribution in [0.25, 0.3) is 0 Å². The highest BCUT2D eigenvalue weighted by Gasteiger charge is 2.10. The number of hydrogen-bond acceptors (Lipinski definition) is 2. The lowest BCUT2D eigenvalue weighted by molar-refractivity contribution is 0.102. The van der Waals surface area contributed by atoms with Gasteiger partial charge in [0.05, 0.1) is 21.4 Å². The molecule has 2 aromatic rings. The van der Waals surface area contributed by atoms with Crippen molar-refractivity contribution >= 4 is 40.5 Å². The zero-order chi connectivity index (χ0) is 13.1. The molecule has 0 spiro atoms. The first-order valence-electron chi connectivity index (χ1n) is 5.19. The molecule has 0 aliphatic carbocycles. The van der Waals surface area contributed by atoms with Gasteiger partial charge in [-0.2, -0.15) is 0 Å². The molecule has 3 N–H and O–H groups in total. The van der Waals surface area contributed by atoms with E-state index in [2.05, 4.69) is 5.32 Å². The number of halogens is 2. The molecule has 18 heavy (non-hydrogen) atoms. The third-order valence-electron chi connectivity index (χ3n) is 2.37. The van der Waals surface area contributed by atoms with Crippen molar-refractivity contribution in [3.8, 4) is 0 Å². The van der Waals surface area contributed by atoms with Crippen molar-refractivity contribution in [2.45, 2.75) is 0 Å². The highest BCUT2D eigenvalue weighted by molar-refractivity contribution is 6.37. The van der Waals surface area contributed by atoms with E-state index in [4.69, 9.17) is 28.9 Å². The summed E-state index contributed by atoms with van der Waals surface area (Å²) in [7, 11) is 0. The summed E-state index contributed by atoms with van der Waals surface area (Å²) < 4.78 is 0. The van der Waals surface area contributed by atoms with Gasteiger partial charge in [0.25, 0.3) is 5.91 Å². The summed E-state index contributed by atoms with van der Waals surface area (Å²) in [4.78, 5) is 11.9. The molecule has 0 saturated carbocycles. The molecule has 0 radical (unpaired) electrons. The van der Waals surface area contributed by atoms with Crippen LogP contribution in [0.5, 0.6) is 0 Å². The summed E-state index contributed by atoms with van der Waals surface area (Å²) in [5, 5.41) is 3.38. The maximum Gasteiger partial charge on any atom is 0.255 e. The van der Waals surface area contributed by atoms with Crippen LogP contribution >= 0.6 is 23.2 Å². The van der Waals surface area contributed by atoms with E-state index in [1.54, 1.807) is 24.3 Å². The van der Waals surface area contributed by atoms with Crippen LogP contribution in [0, 0.1) is 0 Å². The van der Waals surface area contributed by atoms with Gasteiger partial charge in [0.15, 0.2) is 0 Å². The molecule has 0 saturated heterocycles. The van der Waals surface area contributed by atoms with Crippen LogP contribution in [-0.4, -0.2) is 5.91 Å². The van der Waals surface area contributed by atoms with Crippen LogP contribution in [0.4, 0.5) is 11.4 Å². The van der Waals surface area contributed by atoms with Crippen LogP contribution in [-0.2, 0) is 0 Å². The minimum Gasteiger partial charge on any atom is -0.397 e. The number of nitrogens with two attached hydrogens (primary N) is 1. The number of carbonyl (C=O) groups excluding carboxylic acids is 1. The van der Waals surface area contributed by atoms with Crippen molar-refractivity contribution in [2.75, 3.05) is 11.1 Å². The van der Waals surface area contributed by atoms with Gasteiger partial charge < -0.3 is 11.1 Å². The Bertz CT molecular complexity index is 585. The molecule has 3 nitrogen and oxygen atoms in total. The Morgan fingerprint density at radius 3 is 2.39 bits per heavy atom. The van der Waals surface area contributed by atoms with E-state index in [0.717, 1.165) is 0 Å². The van der Waals surface area contributed by atoms with Gasteiger partial charge >= 0.3 is 0 Å². The number of nitrogen functional groups attached to an aromatic ring is 1. The Labute approximate surface area is 115 Å². The molecule has 0 heterocycles. The lowest BCUT2D eigenvalue weighted by atomic mass is 10.2. The lowest BCUT2D eigenvalue weighted by Gasteiger charge is -2.09. The SMILES string of the molecule is Nc1cc(Cl)c(NC(=O)c2ccccc2)cc1Cl. The fraction of sp³-hybridized carbons (Fsp3) is 0. The van der Waals surface area contributed by atoms with Crippen LogP contribution < -0.4 is 11.1 Å². The first-order valence-corrected chi connectivity index (χ1v) is 5.94. The third-order valence-corrected chi connectivity index (χ3v) is 3.01. The fourth-order valence-electron chi connectivity index (χ4n) is 1.44. The van der Waals surface area contributed by atoms with Crippen molar-refractivity contribution in [2.24, 2.45) is 0 Å². The number of anilines is 2. The number of amides is 1. The first-order chi connectivity index (χ1) is 8.58. The summed E-state index contributed by atoms with van der Waals surface area (Å²) in [5.74, 6) is -0.252. The molecule has 0 unspecified atom stereocenters. The molecule has 0 atom stereocenters. The predicted octanol–water partition coefficient (Wildman–Crippen LogP) is 3.83. The first kappa shape index (κ1) is 12.7. The molecular formula is C13H10Cl2N2O. The van der Waals surface area contributed by atoms with Gasteiger partial charge in [-0.25, -0.2) is 0 Å². The monoisotopic (exact) mass is 280 g/mol. The second-order valence-electron chi connectivity index (χ2n) is 3.67. The van der Waals surface area contributed by atoms with E-state index in [1.807, 2.05) is 6.07 Å². The fourth-order valence-corrected chi connectivity index (χ4v) is 1.83. The molecule has 2 aromatic carbocycles. The molecular weight excluding hydrogens is 271 g/mol. The summed E-state index contributed by atoms with van der Waals surface area (Å²) in [5.41, 5.74) is 6.95. The van der Waals surface area contributed by atoms with Crippen LogP contribution in [0.1, 0.15) is 10.4 Å². The van der Waals surface area contributed by atoms with Crippen LogP contribution in [0.2, 0.25) is 10.0 Å². The average molecular weight is 281 g/mol. The summed E-state index contributed by atoms with van der Waals surface area (Å²) in [6.07, 6.45) is 0. The van der Waals surface area contributed by atoms with Crippen molar-refractivity contribution in [3.63, 3.8) is 0 Å². The highest BCUT2D eigenvalue weighted by atomic mass is 35.5. The van der Waals surface area contributed by atoms with E-state index in [1.165, 1.54) is 12.1 Å². The number of hydrogen-bond donors (Lipinski definition) is 2. The van der Waals surface area contributed by atoms with Gasteiger partial charge in [-0.1, -0.05) is 41.4 Å². The predicted molar refractivity (Wildman–Crippen MR) is 75.3 cm³/mol. The zero-order valence-corrected chi connectivity index (χ0v) is 10.8. The molecule has 0 aliphatic rings. The second kappa shape index (κ2) is 5.29. The van der Waals surface area contributed by atoms with Crippen molar-refractivity contribution < 1.29 is 4.79 Å². The molecule has 0 fully saturated rings. The zero-order valence-electron chi connectivity index (χ0n) is 9.28. The van der Waals surface area contributed by atoms with Gasteiger partial charge in [0, 0.05) is 5.56 Å². The lowest BCUT2D eigenvalue weighted by Crippen LogP contribution is -2.12. The largest absolute Gasteiger partial charge is 0.397 e. The maximum absolute atomic E-state index is 11.9. The summed E-state index contributed by atoms with van der Waals surface area (Å²) in [6, 6.07) is 11.9. The molecule has 5 heteroatoms. The van der Waals surface area contributed by atoms with E-state index < -0.39 is 0 Å². The summed E-state index contributed by atoms with van der Waals surface area (Å²) >= 11 is 11.9. The Kier molecular flexibility index (Phi) is 3.75. The van der Waals surface area contributed by atoms with Gasteiger partial charge in [-0.15, -0.1) is 0 Å². The topological polar surface area (TPSA) is 55.1 Å². The third kappa shape index (κ3) is 2.75. The molecule has 92 valence electrons. The number of benzene rings is 2. The second-order valence-corrected chi connectivity index (χ2v) is 4.49. The number of carbonyl (C=O) groups is 1. The summed E-state index contributed by atoms with van der Waals surface area (Å²) in [6.45, 7) is 0. The normalized spacial score (nSPS) is 10.1. The van der Waals surface area contributed by atoms with Crippen LogP contribution in [0.15, 0.2) is 42.5 Å². The standard InChI is InChI=1S/C13H10Cl2N2O/c14-9-7-12(10(15)6-11(9)16)17-13(18)8-4-2-1-3-5-8/h1-7H,16H2,(H,17,18). The van der Waals surface area contributed by atoms with E-state index >= 15 is 0 Å². The van der Waals surface area contributed by atoms with Crippen molar-refractivity contribution in [1.82, 2.24) is 0 Å². The molecule has 0 aromatic heterocycles. The smallest absolute Gasteiger partial charge is 0.255 e. The Hall–Kier alpha value is -1.71. The van der Waals surface area contributed by atoms with Crippen molar-refractivity contribution in [1.29, 1.82) is 0 Å². The van der Waals surface area contributed by atoms with E-state index in [9.17, 15) is 4.79 Å². The Morgan fingerprint density at radius 1 is 1.06 bits per heavy atom. The molecule has 2 rings (SSSR count). The Balaban J connectivity index is 2.25. The number of rotatable bonds is 2.